The number of thioether (sulfide) groups is 1. The van der Waals surface area contributed by atoms with Gasteiger partial charge in [-0.05, 0) is 47.8 Å². The zero-order valence-corrected chi connectivity index (χ0v) is 17.1. The Labute approximate surface area is 166 Å². The lowest BCUT2D eigenvalue weighted by Crippen LogP contribution is -2.62. The molecule has 4 nitrogen and oxygen atoms in total. The molecule has 1 aromatic rings. The lowest BCUT2D eigenvalue weighted by Gasteiger charge is -2.51. The number of allylic oxidation sites excluding steroid dienone is 1. The normalized spacial score (nSPS) is 38.8. The van der Waals surface area contributed by atoms with Gasteiger partial charge in [0, 0.05) is 24.4 Å². The summed E-state index contributed by atoms with van der Waals surface area (Å²) < 4.78 is 0. The van der Waals surface area contributed by atoms with Crippen LogP contribution in [0.25, 0.3) is 0 Å². The van der Waals surface area contributed by atoms with Crippen LogP contribution in [0.3, 0.4) is 0 Å². The standard InChI is InChI=1S/C22H30N2O2S/c1-12-10-17(25)18(15-6-4-14(5-7-15)13(2)11-23-3)19-16-8-9-27-21(16)22(26)24-20(12)19/h4-9,12-13,16-21,23,25H,10-11H2,1-3H3,(H,24,26)/t12?,13-,16?,17?,18?,19?,20?,21?/m0/s1. The maximum atomic E-state index is 12.5. The Morgan fingerprint density at radius 1 is 1.33 bits per heavy atom. The van der Waals surface area contributed by atoms with Crippen LogP contribution in [0.1, 0.15) is 43.2 Å². The second-order valence-electron chi connectivity index (χ2n) is 8.51. The Morgan fingerprint density at radius 2 is 2.07 bits per heavy atom. The molecule has 0 radical (unpaired) electrons. The fraction of sp³-hybridized carbons (Fsp3) is 0.591. The Kier molecular flexibility index (Phi) is 5.36. The molecular formula is C22H30N2O2S. The Morgan fingerprint density at radius 3 is 2.78 bits per heavy atom. The molecule has 1 saturated carbocycles. The van der Waals surface area contributed by atoms with Crippen LogP contribution in [0, 0.1) is 17.8 Å². The van der Waals surface area contributed by atoms with Gasteiger partial charge in [-0.25, -0.2) is 0 Å². The number of carbonyl (C=O) groups is 1. The minimum Gasteiger partial charge on any atom is -0.392 e. The van der Waals surface area contributed by atoms with Crippen LogP contribution in [-0.4, -0.2) is 42.0 Å². The third kappa shape index (κ3) is 3.34. The van der Waals surface area contributed by atoms with Crippen LogP contribution < -0.4 is 10.6 Å². The Balaban J connectivity index is 1.66. The number of carbonyl (C=O) groups excluding carboxylic acids is 1. The highest BCUT2D eigenvalue weighted by molar-refractivity contribution is 8.03. The van der Waals surface area contributed by atoms with Crippen molar-refractivity contribution >= 4 is 17.7 Å². The fourth-order valence-corrected chi connectivity index (χ4v) is 6.48. The third-order valence-electron chi connectivity index (χ3n) is 6.76. The van der Waals surface area contributed by atoms with Crippen molar-refractivity contribution in [1.82, 2.24) is 10.6 Å². The van der Waals surface area contributed by atoms with Crippen molar-refractivity contribution in [3.63, 3.8) is 0 Å². The summed E-state index contributed by atoms with van der Waals surface area (Å²) in [5.41, 5.74) is 2.51. The van der Waals surface area contributed by atoms with Gasteiger partial charge in [0.2, 0.25) is 5.91 Å². The molecule has 2 aliphatic heterocycles. The molecule has 1 amide bonds. The van der Waals surface area contributed by atoms with Crippen LogP contribution in [0.5, 0.6) is 0 Å². The van der Waals surface area contributed by atoms with Gasteiger partial charge in [-0.3, -0.25) is 4.79 Å². The first-order chi connectivity index (χ1) is 13.0. The van der Waals surface area contributed by atoms with Crippen LogP contribution >= 0.6 is 11.8 Å². The van der Waals surface area contributed by atoms with Crippen molar-refractivity contribution in [2.24, 2.45) is 17.8 Å². The molecule has 146 valence electrons. The van der Waals surface area contributed by atoms with E-state index >= 15 is 0 Å². The maximum Gasteiger partial charge on any atom is 0.234 e. The number of aliphatic hydroxyl groups excluding tert-OH is 1. The minimum absolute atomic E-state index is 0.0406. The topological polar surface area (TPSA) is 61.4 Å². The van der Waals surface area contributed by atoms with Gasteiger partial charge in [-0.1, -0.05) is 44.2 Å². The molecule has 7 unspecified atom stereocenters. The highest BCUT2D eigenvalue weighted by Gasteiger charge is 2.53. The van der Waals surface area contributed by atoms with Gasteiger partial charge in [0.15, 0.2) is 0 Å². The number of likely N-dealkylation sites (N-methyl/N-ethyl adjacent to an activating group) is 1. The predicted octanol–water partition coefficient (Wildman–Crippen LogP) is 2.85. The quantitative estimate of drug-likeness (QED) is 0.745. The van der Waals surface area contributed by atoms with E-state index in [0.717, 1.165) is 13.0 Å². The number of rotatable bonds is 4. The van der Waals surface area contributed by atoms with E-state index < -0.39 is 0 Å². The first-order valence-corrected chi connectivity index (χ1v) is 11.0. The lowest BCUT2D eigenvalue weighted by atomic mass is 9.60. The molecule has 2 fully saturated rings. The van der Waals surface area contributed by atoms with Crippen molar-refractivity contribution in [3.05, 3.63) is 46.9 Å². The van der Waals surface area contributed by atoms with E-state index in [0.29, 0.717) is 11.8 Å². The third-order valence-corrected chi connectivity index (χ3v) is 7.89. The van der Waals surface area contributed by atoms with Gasteiger partial charge in [0.25, 0.3) is 0 Å². The highest BCUT2D eigenvalue weighted by Crippen LogP contribution is 2.51. The van der Waals surface area contributed by atoms with Crippen LogP contribution in [0.4, 0.5) is 0 Å². The summed E-state index contributed by atoms with van der Waals surface area (Å²) in [6.45, 7) is 5.33. The molecule has 1 aromatic carbocycles. The molecule has 5 heteroatoms. The number of fused-ring (bicyclic) bond motifs is 3. The van der Waals surface area contributed by atoms with Gasteiger partial charge < -0.3 is 15.7 Å². The monoisotopic (exact) mass is 386 g/mol. The summed E-state index contributed by atoms with van der Waals surface area (Å²) >= 11 is 1.62. The van der Waals surface area contributed by atoms with E-state index in [-0.39, 0.29) is 41.1 Å². The van der Waals surface area contributed by atoms with Gasteiger partial charge >= 0.3 is 0 Å². The number of nitrogens with one attached hydrogen (secondary N) is 2. The van der Waals surface area contributed by atoms with Crippen molar-refractivity contribution < 1.29 is 9.90 Å². The van der Waals surface area contributed by atoms with Crippen molar-refractivity contribution in [2.75, 3.05) is 13.6 Å². The maximum absolute atomic E-state index is 12.5. The molecule has 0 aromatic heterocycles. The highest BCUT2D eigenvalue weighted by atomic mass is 32.2. The predicted molar refractivity (Wildman–Crippen MR) is 111 cm³/mol. The van der Waals surface area contributed by atoms with Crippen molar-refractivity contribution in [2.45, 2.75) is 49.5 Å². The number of hydrogen-bond donors (Lipinski definition) is 3. The lowest BCUT2D eigenvalue weighted by molar-refractivity contribution is -0.128. The average molecular weight is 387 g/mol. The second kappa shape index (κ2) is 7.61. The molecule has 4 rings (SSSR count). The molecule has 0 bridgehead atoms. The number of hydrogen-bond acceptors (Lipinski definition) is 4. The molecule has 3 aliphatic rings. The summed E-state index contributed by atoms with van der Waals surface area (Å²) in [6, 6.07) is 8.93. The van der Waals surface area contributed by atoms with Crippen LogP contribution in [0.2, 0.25) is 0 Å². The largest absolute Gasteiger partial charge is 0.392 e. The zero-order chi connectivity index (χ0) is 19.1. The molecule has 2 heterocycles. The molecule has 0 spiro atoms. The summed E-state index contributed by atoms with van der Waals surface area (Å²) in [6.07, 6.45) is 2.57. The summed E-state index contributed by atoms with van der Waals surface area (Å²) in [5.74, 6) is 1.43. The number of aliphatic hydroxyl groups is 1. The molecule has 3 N–H and O–H groups in total. The van der Waals surface area contributed by atoms with Gasteiger partial charge in [-0.2, -0.15) is 0 Å². The first kappa shape index (κ1) is 19.0. The SMILES string of the molecule is CNC[C@H](C)c1ccc(C2C(O)CC(C)C3NC(=O)C4SC=CC4C32)cc1. The summed E-state index contributed by atoms with van der Waals surface area (Å²) in [4.78, 5) is 12.5. The summed E-state index contributed by atoms with van der Waals surface area (Å²) in [5, 5.41) is 19.6. The van der Waals surface area contributed by atoms with E-state index in [4.69, 9.17) is 0 Å². The van der Waals surface area contributed by atoms with E-state index in [1.54, 1.807) is 11.8 Å². The Hall–Kier alpha value is -1.30. The summed E-state index contributed by atoms with van der Waals surface area (Å²) in [7, 11) is 1.98. The second-order valence-corrected chi connectivity index (χ2v) is 9.56. The molecule has 1 aliphatic carbocycles. The van der Waals surface area contributed by atoms with Crippen LogP contribution in [-0.2, 0) is 4.79 Å². The zero-order valence-electron chi connectivity index (χ0n) is 16.3. The van der Waals surface area contributed by atoms with E-state index in [1.807, 2.05) is 7.05 Å². The number of piperidine rings is 1. The van der Waals surface area contributed by atoms with Crippen LogP contribution in [0.15, 0.2) is 35.7 Å². The molecule has 27 heavy (non-hydrogen) atoms. The van der Waals surface area contributed by atoms with Crippen molar-refractivity contribution in [1.29, 1.82) is 0 Å². The molecular weight excluding hydrogens is 356 g/mol. The van der Waals surface area contributed by atoms with E-state index in [1.165, 1.54) is 11.1 Å². The smallest absolute Gasteiger partial charge is 0.234 e. The van der Waals surface area contributed by atoms with Crippen molar-refractivity contribution in [3.8, 4) is 0 Å². The average Bonchev–Trinajstić information content (AvgIpc) is 3.14. The molecule has 8 atom stereocenters. The van der Waals surface area contributed by atoms with E-state index in [2.05, 4.69) is 60.2 Å². The number of amides is 1. The van der Waals surface area contributed by atoms with Gasteiger partial charge in [0.05, 0.1) is 11.4 Å². The van der Waals surface area contributed by atoms with E-state index in [9.17, 15) is 9.90 Å². The minimum atomic E-state index is -0.364. The fourth-order valence-electron chi connectivity index (χ4n) is 5.39. The Bertz CT molecular complexity index is 720. The molecule has 1 saturated heterocycles. The first-order valence-electron chi connectivity index (χ1n) is 10.1. The van der Waals surface area contributed by atoms with Gasteiger partial charge in [0.1, 0.15) is 0 Å². The number of benzene rings is 1. The van der Waals surface area contributed by atoms with Gasteiger partial charge in [-0.15, -0.1) is 11.8 Å².